The van der Waals surface area contributed by atoms with E-state index < -0.39 is 0 Å². The summed E-state index contributed by atoms with van der Waals surface area (Å²) in [6.07, 6.45) is 0.888. The molecular weight excluding hydrogens is 302 g/mol. The topological polar surface area (TPSA) is 35.2 Å². The summed E-state index contributed by atoms with van der Waals surface area (Å²) in [6.45, 7) is 3.29. The van der Waals surface area contributed by atoms with Gasteiger partial charge < -0.3 is 10.5 Å². The van der Waals surface area contributed by atoms with E-state index in [4.69, 9.17) is 10.5 Å². The summed E-state index contributed by atoms with van der Waals surface area (Å²) in [6, 6.07) is 14.3. The Labute approximate surface area is 122 Å². The third-order valence-electron chi connectivity index (χ3n) is 3.05. The molecule has 2 aromatic rings. The number of nitrogens with two attached hydrogens (primary N) is 1. The molecule has 0 unspecified atom stereocenters. The first-order valence-electron chi connectivity index (χ1n) is 6.36. The van der Waals surface area contributed by atoms with Gasteiger partial charge in [0.1, 0.15) is 12.4 Å². The van der Waals surface area contributed by atoms with Crippen LogP contribution in [0.3, 0.4) is 0 Å². The van der Waals surface area contributed by atoms with E-state index in [-0.39, 0.29) is 0 Å². The van der Waals surface area contributed by atoms with Crippen LogP contribution in [0.25, 0.3) is 0 Å². The molecule has 2 aromatic carbocycles. The number of benzene rings is 2. The highest BCUT2D eigenvalue weighted by Gasteiger charge is 2.04. The summed E-state index contributed by atoms with van der Waals surface area (Å²) in [5.74, 6) is 0.922. The number of aryl methyl sites for hydroxylation is 1. The third-order valence-corrected chi connectivity index (χ3v) is 3.55. The van der Waals surface area contributed by atoms with Crippen molar-refractivity contribution in [2.75, 3.05) is 6.54 Å². The van der Waals surface area contributed by atoms with E-state index >= 15 is 0 Å². The fraction of sp³-hybridized carbons (Fsp3) is 0.250. The Balaban J connectivity index is 2.10. The molecule has 0 heterocycles. The highest BCUT2D eigenvalue weighted by molar-refractivity contribution is 9.10. The Kier molecular flexibility index (Phi) is 5.00. The second kappa shape index (κ2) is 6.73. The van der Waals surface area contributed by atoms with Crippen molar-refractivity contribution < 1.29 is 4.74 Å². The fourth-order valence-electron chi connectivity index (χ4n) is 2.03. The largest absolute Gasteiger partial charge is 0.489 e. The summed E-state index contributed by atoms with van der Waals surface area (Å²) in [5.41, 5.74) is 9.23. The summed E-state index contributed by atoms with van der Waals surface area (Å²) in [5, 5.41) is 0. The quantitative estimate of drug-likeness (QED) is 0.908. The molecular formula is C16H18BrNO. The smallest absolute Gasteiger partial charge is 0.122 e. The van der Waals surface area contributed by atoms with Crippen LogP contribution >= 0.6 is 15.9 Å². The lowest BCUT2D eigenvalue weighted by atomic mass is 10.1. The molecule has 3 heteroatoms. The summed E-state index contributed by atoms with van der Waals surface area (Å²) < 4.78 is 6.97. The summed E-state index contributed by atoms with van der Waals surface area (Å²) >= 11 is 3.46. The molecule has 0 aliphatic carbocycles. The van der Waals surface area contributed by atoms with Gasteiger partial charge >= 0.3 is 0 Å². The molecule has 0 amide bonds. The zero-order valence-electron chi connectivity index (χ0n) is 11.0. The number of hydrogen-bond acceptors (Lipinski definition) is 2. The summed E-state index contributed by atoms with van der Waals surface area (Å²) in [4.78, 5) is 0. The minimum atomic E-state index is 0.582. The van der Waals surface area contributed by atoms with Crippen molar-refractivity contribution in [2.24, 2.45) is 5.73 Å². The average molecular weight is 320 g/mol. The van der Waals surface area contributed by atoms with Gasteiger partial charge in [0.25, 0.3) is 0 Å². The maximum absolute atomic E-state index is 5.90. The van der Waals surface area contributed by atoms with Crippen LogP contribution in [0.5, 0.6) is 5.75 Å². The van der Waals surface area contributed by atoms with Crippen LogP contribution in [0.2, 0.25) is 0 Å². The van der Waals surface area contributed by atoms with Crippen LogP contribution in [-0.2, 0) is 13.0 Å². The maximum atomic E-state index is 5.90. The van der Waals surface area contributed by atoms with Crippen LogP contribution in [0.15, 0.2) is 46.9 Å². The van der Waals surface area contributed by atoms with Crippen molar-refractivity contribution in [3.63, 3.8) is 0 Å². The van der Waals surface area contributed by atoms with Gasteiger partial charge in [0.2, 0.25) is 0 Å². The first kappa shape index (κ1) is 14.1. The zero-order valence-corrected chi connectivity index (χ0v) is 12.6. The van der Waals surface area contributed by atoms with E-state index in [2.05, 4.69) is 34.1 Å². The van der Waals surface area contributed by atoms with Gasteiger partial charge in [-0.05, 0) is 54.8 Å². The zero-order chi connectivity index (χ0) is 13.7. The third kappa shape index (κ3) is 3.82. The van der Waals surface area contributed by atoms with E-state index in [1.165, 1.54) is 11.1 Å². The molecule has 2 nitrogen and oxygen atoms in total. The Morgan fingerprint density at radius 1 is 1.11 bits per heavy atom. The lowest BCUT2D eigenvalue weighted by molar-refractivity contribution is 0.303. The first-order chi connectivity index (χ1) is 9.20. The SMILES string of the molecule is Cc1cc(Br)ccc1OCc1ccccc1CCN. The monoisotopic (exact) mass is 319 g/mol. The molecule has 0 atom stereocenters. The predicted octanol–water partition coefficient (Wildman–Crippen LogP) is 3.84. The number of ether oxygens (including phenoxy) is 1. The van der Waals surface area contributed by atoms with E-state index in [1.54, 1.807) is 0 Å². The molecule has 0 saturated carbocycles. The van der Waals surface area contributed by atoms with Gasteiger partial charge in [-0.25, -0.2) is 0 Å². The predicted molar refractivity (Wildman–Crippen MR) is 82.4 cm³/mol. The molecule has 19 heavy (non-hydrogen) atoms. The van der Waals surface area contributed by atoms with E-state index in [9.17, 15) is 0 Å². The van der Waals surface area contributed by atoms with Crippen molar-refractivity contribution in [3.8, 4) is 5.75 Å². The fourth-order valence-corrected chi connectivity index (χ4v) is 2.50. The van der Waals surface area contributed by atoms with E-state index in [0.29, 0.717) is 13.2 Å². The highest BCUT2D eigenvalue weighted by atomic mass is 79.9. The molecule has 0 aliphatic rings. The van der Waals surface area contributed by atoms with Gasteiger partial charge in [0, 0.05) is 4.47 Å². The van der Waals surface area contributed by atoms with Crippen LogP contribution in [0.4, 0.5) is 0 Å². The van der Waals surface area contributed by atoms with Crippen molar-refractivity contribution in [2.45, 2.75) is 20.0 Å². The molecule has 0 spiro atoms. The summed E-state index contributed by atoms with van der Waals surface area (Å²) in [7, 11) is 0. The van der Waals surface area contributed by atoms with Crippen LogP contribution in [0.1, 0.15) is 16.7 Å². The second-order valence-corrected chi connectivity index (χ2v) is 5.42. The van der Waals surface area contributed by atoms with Gasteiger partial charge in [-0.15, -0.1) is 0 Å². The molecule has 0 bridgehead atoms. The van der Waals surface area contributed by atoms with Gasteiger partial charge in [0.05, 0.1) is 0 Å². The number of rotatable bonds is 5. The van der Waals surface area contributed by atoms with E-state index in [1.807, 2.05) is 31.2 Å². The van der Waals surface area contributed by atoms with Crippen LogP contribution < -0.4 is 10.5 Å². The molecule has 0 radical (unpaired) electrons. The van der Waals surface area contributed by atoms with Crippen molar-refractivity contribution in [3.05, 3.63) is 63.6 Å². The molecule has 0 saturated heterocycles. The van der Waals surface area contributed by atoms with Gasteiger partial charge in [-0.2, -0.15) is 0 Å². The number of halogens is 1. The Morgan fingerprint density at radius 3 is 2.53 bits per heavy atom. The minimum absolute atomic E-state index is 0.582. The molecule has 0 fully saturated rings. The van der Waals surface area contributed by atoms with Gasteiger partial charge in [-0.1, -0.05) is 40.2 Å². The Bertz CT molecular complexity index is 554. The van der Waals surface area contributed by atoms with Crippen LogP contribution in [-0.4, -0.2) is 6.54 Å². The average Bonchev–Trinajstić information content (AvgIpc) is 2.40. The Hall–Kier alpha value is -1.32. The van der Waals surface area contributed by atoms with Crippen molar-refractivity contribution in [1.29, 1.82) is 0 Å². The molecule has 100 valence electrons. The van der Waals surface area contributed by atoms with Gasteiger partial charge in [0.15, 0.2) is 0 Å². The molecule has 0 aromatic heterocycles. The normalized spacial score (nSPS) is 10.5. The lowest BCUT2D eigenvalue weighted by Crippen LogP contribution is -2.07. The molecule has 2 rings (SSSR count). The number of hydrogen-bond donors (Lipinski definition) is 1. The molecule has 0 aliphatic heterocycles. The second-order valence-electron chi connectivity index (χ2n) is 4.51. The standard InChI is InChI=1S/C16H18BrNO/c1-12-10-15(17)6-7-16(12)19-11-14-5-3-2-4-13(14)8-9-18/h2-7,10H,8-9,11,18H2,1H3. The van der Waals surface area contributed by atoms with Crippen molar-refractivity contribution >= 4 is 15.9 Å². The first-order valence-corrected chi connectivity index (χ1v) is 7.16. The maximum Gasteiger partial charge on any atom is 0.122 e. The minimum Gasteiger partial charge on any atom is -0.489 e. The lowest BCUT2D eigenvalue weighted by Gasteiger charge is -2.12. The molecule has 2 N–H and O–H groups in total. The van der Waals surface area contributed by atoms with E-state index in [0.717, 1.165) is 22.2 Å². The van der Waals surface area contributed by atoms with Crippen molar-refractivity contribution in [1.82, 2.24) is 0 Å². The van der Waals surface area contributed by atoms with Crippen LogP contribution in [0, 0.1) is 6.92 Å². The van der Waals surface area contributed by atoms with Gasteiger partial charge in [-0.3, -0.25) is 0 Å². The Morgan fingerprint density at radius 2 is 1.84 bits per heavy atom. The highest BCUT2D eigenvalue weighted by Crippen LogP contribution is 2.23.